The van der Waals surface area contributed by atoms with Crippen LogP contribution in [-0.2, 0) is 5.41 Å². The van der Waals surface area contributed by atoms with E-state index in [-0.39, 0.29) is 22.3 Å². The fraction of sp³-hybridized carbons (Fsp3) is 0.229. The van der Waals surface area contributed by atoms with Gasteiger partial charge in [-0.15, -0.1) is 0 Å². The van der Waals surface area contributed by atoms with E-state index in [1.54, 1.807) is 6.08 Å². The smallest absolute Gasteiger partial charge is 0.371 e. The fourth-order valence-electron chi connectivity index (χ4n) is 7.64. The van der Waals surface area contributed by atoms with Gasteiger partial charge in [0.05, 0.1) is 11.1 Å². The fourth-order valence-corrected chi connectivity index (χ4v) is 7.64. The highest BCUT2D eigenvalue weighted by Gasteiger charge is 2.44. The van der Waals surface area contributed by atoms with Gasteiger partial charge < -0.3 is 14.4 Å². The van der Waals surface area contributed by atoms with Crippen molar-refractivity contribution < 1.29 is 23.9 Å². The zero-order chi connectivity index (χ0) is 28.2. The summed E-state index contributed by atoms with van der Waals surface area (Å²) >= 11 is 0. The average Bonchev–Trinajstić information content (AvgIpc) is 3.75. The van der Waals surface area contributed by atoms with E-state index >= 15 is 0 Å². The molecule has 0 saturated heterocycles. The molecule has 3 aromatic carbocycles. The second-order valence-electron chi connectivity index (χ2n) is 12.1. The maximum absolute atomic E-state index is 13.0. The number of nitrogens with zero attached hydrogens (tertiary/aromatic N) is 1. The molecule has 0 radical (unpaired) electrons. The molecule has 0 amide bonds. The Balaban J connectivity index is 1.17. The molecular weight excluding hydrogens is 514 g/mol. The number of hydrogen-bond donors (Lipinski definition) is 1. The first kappa shape index (κ1) is 24.1. The zero-order valence-corrected chi connectivity index (χ0v) is 22.7. The number of aromatic carboxylic acids is 1. The number of hydrogen-bond acceptors (Lipinski definition) is 5. The van der Waals surface area contributed by atoms with Gasteiger partial charge >= 0.3 is 5.97 Å². The molecule has 0 bridgehead atoms. The maximum Gasteiger partial charge on any atom is 0.371 e. The Hall–Kier alpha value is -4.71. The quantitative estimate of drug-likeness (QED) is 0.213. The molecule has 8 rings (SSSR count). The Kier molecular flexibility index (Phi) is 4.80. The van der Waals surface area contributed by atoms with Crippen molar-refractivity contribution in [3.8, 4) is 11.1 Å². The monoisotopic (exact) mass is 541 g/mol. The number of carboxylic acid groups (broad SMARTS) is 1. The van der Waals surface area contributed by atoms with Gasteiger partial charge in [-0.1, -0.05) is 56.7 Å². The third kappa shape index (κ3) is 3.22. The summed E-state index contributed by atoms with van der Waals surface area (Å²) in [5.41, 5.74) is 9.68. The number of Topliss-reactive ketones (excluding diaryl/α,β-unsaturated/α-hetero) is 2. The molecule has 1 fully saturated rings. The van der Waals surface area contributed by atoms with E-state index in [1.165, 1.54) is 39.2 Å². The Labute approximate surface area is 236 Å². The highest BCUT2D eigenvalue weighted by molar-refractivity contribution is 6.40. The van der Waals surface area contributed by atoms with Crippen molar-refractivity contribution >= 4 is 35.0 Å². The van der Waals surface area contributed by atoms with Crippen molar-refractivity contribution in [3.63, 3.8) is 0 Å². The average molecular weight is 542 g/mol. The summed E-state index contributed by atoms with van der Waals surface area (Å²) in [6.45, 7) is 4.61. The first-order valence-corrected chi connectivity index (χ1v) is 14.1. The summed E-state index contributed by atoms with van der Waals surface area (Å²) in [6, 6.07) is 23.3. The van der Waals surface area contributed by atoms with E-state index in [0.717, 1.165) is 30.9 Å². The van der Waals surface area contributed by atoms with Crippen LogP contribution in [0.3, 0.4) is 0 Å². The van der Waals surface area contributed by atoms with E-state index in [4.69, 9.17) is 9.52 Å². The first-order chi connectivity index (χ1) is 19.7. The van der Waals surface area contributed by atoms with Gasteiger partial charge in [-0.2, -0.15) is 0 Å². The summed E-state index contributed by atoms with van der Waals surface area (Å²) in [7, 11) is 0. The molecular formula is C35H27NO5. The van der Waals surface area contributed by atoms with E-state index in [0.29, 0.717) is 12.0 Å². The molecule has 2 atom stereocenters. The number of rotatable bonds is 3. The third-order valence-corrected chi connectivity index (χ3v) is 9.56. The molecule has 6 heteroatoms. The summed E-state index contributed by atoms with van der Waals surface area (Å²) in [5.74, 6) is -2.59. The lowest BCUT2D eigenvalue weighted by molar-refractivity contribution is 0.0660. The molecule has 1 aromatic heterocycles. The van der Waals surface area contributed by atoms with E-state index in [9.17, 15) is 14.4 Å². The lowest BCUT2D eigenvalue weighted by Gasteiger charge is -2.29. The molecule has 4 aliphatic rings. The van der Waals surface area contributed by atoms with Gasteiger partial charge in [0, 0.05) is 34.8 Å². The number of carboxylic acids is 1. The van der Waals surface area contributed by atoms with Crippen LogP contribution >= 0.6 is 0 Å². The number of anilines is 2. The highest BCUT2D eigenvalue weighted by atomic mass is 16.4. The van der Waals surface area contributed by atoms with Crippen LogP contribution in [0.4, 0.5) is 11.4 Å². The largest absolute Gasteiger partial charge is 0.475 e. The lowest BCUT2D eigenvalue weighted by Crippen LogP contribution is -2.27. The van der Waals surface area contributed by atoms with Crippen LogP contribution in [0.25, 0.3) is 17.2 Å². The van der Waals surface area contributed by atoms with Gasteiger partial charge in [0.1, 0.15) is 0 Å². The van der Waals surface area contributed by atoms with Crippen molar-refractivity contribution in [2.75, 3.05) is 4.90 Å². The minimum atomic E-state index is -1.31. The van der Waals surface area contributed by atoms with Gasteiger partial charge in [0.2, 0.25) is 17.3 Å². The van der Waals surface area contributed by atoms with Crippen LogP contribution in [0.15, 0.2) is 76.7 Å². The number of carbonyl (C=O) groups excluding carboxylic acids is 2. The molecule has 1 N–H and O–H groups in total. The third-order valence-electron chi connectivity index (χ3n) is 9.56. The summed E-state index contributed by atoms with van der Waals surface area (Å²) in [5, 5.41) is 9.16. The van der Waals surface area contributed by atoms with E-state index in [2.05, 4.69) is 73.3 Å². The molecule has 0 spiro atoms. The van der Waals surface area contributed by atoms with Gasteiger partial charge in [0.25, 0.3) is 0 Å². The van der Waals surface area contributed by atoms with Crippen molar-refractivity contribution in [2.45, 2.75) is 50.5 Å². The molecule has 41 heavy (non-hydrogen) atoms. The standard InChI is InChI=1S/C35H27NO5/c1-35(2)26-8-4-3-6-20(26)21-12-11-19(16-27(21)35)36-28-9-5-7-22(28)23-14-18(10-13-29(23)36)15-24-31(37)25-17-30(34(39)40)41-33(25)32(24)38/h3-4,6,8,10-17,22,28H,5,7,9H2,1-2H3,(H,39,40)/b24-15+. The molecule has 2 heterocycles. The van der Waals surface area contributed by atoms with Crippen LogP contribution in [0.1, 0.15) is 92.7 Å². The van der Waals surface area contributed by atoms with Crippen molar-refractivity contribution in [1.29, 1.82) is 0 Å². The summed E-state index contributed by atoms with van der Waals surface area (Å²) in [6.07, 6.45) is 4.98. The topological polar surface area (TPSA) is 87.8 Å². The lowest BCUT2D eigenvalue weighted by atomic mass is 9.82. The van der Waals surface area contributed by atoms with Gasteiger partial charge in [-0.05, 0) is 76.6 Å². The predicted octanol–water partition coefficient (Wildman–Crippen LogP) is 7.53. The molecule has 4 aromatic rings. The van der Waals surface area contributed by atoms with E-state index in [1.807, 2.05) is 6.07 Å². The number of benzene rings is 3. The van der Waals surface area contributed by atoms with Crippen molar-refractivity contribution in [2.24, 2.45) is 0 Å². The Morgan fingerprint density at radius 3 is 2.54 bits per heavy atom. The molecule has 6 nitrogen and oxygen atoms in total. The van der Waals surface area contributed by atoms with Crippen LogP contribution in [0.2, 0.25) is 0 Å². The Bertz CT molecular complexity index is 1850. The van der Waals surface area contributed by atoms with Crippen LogP contribution in [-0.4, -0.2) is 28.7 Å². The molecule has 2 unspecified atom stereocenters. The predicted molar refractivity (Wildman–Crippen MR) is 155 cm³/mol. The number of allylic oxidation sites excluding steroid dienone is 1. The molecule has 3 aliphatic carbocycles. The Morgan fingerprint density at radius 1 is 0.927 bits per heavy atom. The SMILES string of the molecule is CC1(C)c2ccccc2-c2ccc(N3c4ccc(/C=C5\C(=O)c6cc(C(=O)O)oc6C5=O)cc4C4CCCC43)cc21. The first-order valence-electron chi connectivity index (χ1n) is 14.1. The Morgan fingerprint density at radius 2 is 1.73 bits per heavy atom. The van der Waals surface area contributed by atoms with Gasteiger partial charge in [-0.3, -0.25) is 9.59 Å². The van der Waals surface area contributed by atoms with Gasteiger partial charge in [-0.25, -0.2) is 4.79 Å². The van der Waals surface area contributed by atoms with E-state index < -0.39 is 23.3 Å². The zero-order valence-electron chi connectivity index (χ0n) is 22.7. The summed E-state index contributed by atoms with van der Waals surface area (Å²) in [4.78, 5) is 39.6. The number of carbonyl (C=O) groups is 3. The highest BCUT2D eigenvalue weighted by Crippen LogP contribution is 2.55. The molecule has 1 aliphatic heterocycles. The van der Waals surface area contributed by atoms with Crippen molar-refractivity contribution in [3.05, 3.63) is 112 Å². The van der Waals surface area contributed by atoms with Gasteiger partial charge in [0.15, 0.2) is 5.76 Å². The second-order valence-corrected chi connectivity index (χ2v) is 12.1. The molecule has 202 valence electrons. The number of fused-ring (bicyclic) bond motifs is 7. The maximum atomic E-state index is 13.0. The van der Waals surface area contributed by atoms with Crippen LogP contribution in [0, 0.1) is 0 Å². The normalized spacial score (nSPS) is 22.1. The van der Waals surface area contributed by atoms with Crippen molar-refractivity contribution in [1.82, 2.24) is 0 Å². The van der Waals surface area contributed by atoms with Crippen LogP contribution < -0.4 is 4.90 Å². The summed E-state index contributed by atoms with van der Waals surface area (Å²) < 4.78 is 5.18. The second kappa shape index (κ2) is 8.16. The van der Waals surface area contributed by atoms with Crippen LogP contribution in [0.5, 0.6) is 0 Å². The number of ketones is 2. The molecule has 1 saturated carbocycles. The number of furan rings is 1. The minimum absolute atomic E-state index is 0.00823. The minimum Gasteiger partial charge on any atom is -0.475 e.